The number of rotatable bonds is 9. The first-order chi connectivity index (χ1) is 19.5. The lowest BCUT2D eigenvalue weighted by Gasteiger charge is -2.40. The predicted octanol–water partition coefficient (Wildman–Crippen LogP) is 4.56. The average Bonchev–Trinajstić information content (AvgIpc) is 3.00. The number of piperidine rings is 1. The summed E-state index contributed by atoms with van der Waals surface area (Å²) in [6, 6.07) is 30.6. The molecule has 2 atom stereocenters. The van der Waals surface area contributed by atoms with Gasteiger partial charge in [0.05, 0.1) is 12.7 Å². The number of fused-ring (bicyclic) bond motifs is 1. The molecule has 7 heteroatoms. The molecule has 5 rings (SSSR count). The van der Waals surface area contributed by atoms with Gasteiger partial charge >= 0.3 is 0 Å². The lowest BCUT2D eigenvalue weighted by Crippen LogP contribution is -2.51. The SMILES string of the molecule is O=C(CCNC(=O)c1ccc(C2CCN(C(=O)[O-])CC2OCc2ccc3ccccc3c2)cc1)c1ccccc1. The molecular formula is C33H31N2O5-. The highest BCUT2D eigenvalue weighted by molar-refractivity contribution is 5.97. The van der Waals surface area contributed by atoms with Gasteiger partial charge in [0.15, 0.2) is 5.78 Å². The number of amides is 2. The number of hydrogen-bond acceptors (Lipinski definition) is 5. The van der Waals surface area contributed by atoms with Crippen LogP contribution >= 0.6 is 0 Å². The van der Waals surface area contributed by atoms with Crippen LogP contribution in [0.5, 0.6) is 0 Å². The van der Waals surface area contributed by atoms with Gasteiger partial charge in [-0.05, 0) is 46.5 Å². The van der Waals surface area contributed by atoms with E-state index in [2.05, 4.69) is 29.6 Å². The minimum absolute atomic E-state index is 0.0196. The highest BCUT2D eigenvalue weighted by atomic mass is 16.5. The van der Waals surface area contributed by atoms with Gasteiger partial charge in [0.2, 0.25) is 0 Å². The van der Waals surface area contributed by atoms with Gasteiger partial charge in [-0.15, -0.1) is 0 Å². The van der Waals surface area contributed by atoms with Crippen molar-refractivity contribution in [3.63, 3.8) is 0 Å². The fourth-order valence-electron chi connectivity index (χ4n) is 5.21. The molecule has 0 aliphatic carbocycles. The number of benzene rings is 4. The number of ketones is 1. The smallest absolute Gasteiger partial charge is 0.251 e. The zero-order valence-electron chi connectivity index (χ0n) is 22.1. The first-order valence-corrected chi connectivity index (χ1v) is 13.5. The molecule has 204 valence electrons. The largest absolute Gasteiger partial charge is 0.530 e. The highest BCUT2D eigenvalue weighted by Crippen LogP contribution is 2.31. The monoisotopic (exact) mass is 535 g/mol. The molecule has 0 aromatic heterocycles. The summed E-state index contributed by atoms with van der Waals surface area (Å²) in [5.41, 5.74) is 3.12. The van der Waals surface area contributed by atoms with Crippen molar-refractivity contribution in [2.75, 3.05) is 19.6 Å². The maximum Gasteiger partial charge on any atom is 0.251 e. The topological polar surface area (TPSA) is 98.8 Å². The van der Waals surface area contributed by atoms with Crippen LogP contribution in [0.3, 0.4) is 0 Å². The van der Waals surface area contributed by atoms with Crippen LogP contribution in [-0.4, -0.2) is 48.4 Å². The standard InChI is InChI=1S/C33H32N2O5/c36-30(26-7-2-1-3-8-26)16-18-34-32(37)27-14-12-25(13-15-27)29-17-19-35(33(38)39)21-31(29)40-22-23-10-11-24-6-4-5-9-28(24)20-23/h1-15,20,29,31H,16-19,21-22H2,(H,34,37)(H,38,39)/p-1. The Hall–Kier alpha value is -4.49. The molecule has 1 heterocycles. The first-order valence-electron chi connectivity index (χ1n) is 13.5. The summed E-state index contributed by atoms with van der Waals surface area (Å²) in [6.45, 7) is 1.19. The van der Waals surface area contributed by atoms with Crippen molar-refractivity contribution in [2.24, 2.45) is 0 Å². The molecule has 0 saturated carbocycles. The highest BCUT2D eigenvalue weighted by Gasteiger charge is 2.31. The number of nitrogens with zero attached hydrogens (tertiary/aromatic N) is 1. The third kappa shape index (κ3) is 6.55. The van der Waals surface area contributed by atoms with E-state index in [9.17, 15) is 19.5 Å². The van der Waals surface area contributed by atoms with E-state index in [1.165, 1.54) is 4.90 Å². The number of Topliss-reactive ketones (excluding diaryl/α,β-unsaturated/α-hetero) is 1. The van der Waals surface area contributed by atoms with Crippen molar-refractivity contribution in [2.45, 2.75) is 31.5 Å². The molecule has 7 nitrogen and oxygen atoms in total. The maximum absolute atomic E-state index is 12.7. The lowest BCUT2D eigenvalue weighted by molar-refractivity contribution is -0.268. The second kappa shape index (κ2) is 12.6. The van der Waals surface area contributed by atoms with Crippen LogP contribution in [0.2, 0.25) is 0 Å². The van der Waals surface area contributed by atoms with E-state index in [-0.39, 0.29) is 43.2 Å². The predicted molar refractivity (Wildman–Crippen MR) is 151 cm³/mol. The molecule has 1 fully saturated rings. The van der Waals surface area contributed by atoms with Gasteiger partial charge in [0, 0.05) is 43.1 Å². The van der Waals surface area contributed by atoms with Crippen LogP contribution < -0.4 is 10.4 Å². The van der Waals surface area contributed by atoms with E-state index in [1.807, 2.05) is 48.5 Å². The summed E-state index contributed by atoms with van der Waals surface area (Å²) in [7, 11) is 0. The van der Waals surface area contributed by atoms with Crippen molar-refractivity contribution >= 4 is 28.6 Å². The summed E-state index contributed by atoms with van der Waals surface area (Å²) in [6.07, 6.45) is -0.748. The van der Waals surface area contributed by atoms with Crippen LogP contribution in [0.1, 0.15) is 50.6 Å². The van der Waals surface area contributed by atoms with Gasteiger partial charge in [-0.25, -0.2) is 0 Å². The molecule has 0 radical (unpaired) electrons. The van der Waals surface area contributed by atoms with Crippen molar-refractivity contribution in [1.82, 2.24) is 10.2 Å². The molecular weight excluding hydrogens is 504 g/mol. The minimum Gasteiger partial charge on any atom is -0.530 e. The summed E-state index contributed by atoms with van der Waals surface area (Å²) < 4.78 is 6.31. The van der Waals surface area contributed by atoms with Crippen LogP contribution in [0.25, 0.3) is 10.8 Å². The maximum atomic E-state index is 12.7. The van der Waals surface area contributed by atoms with E-state index < -0.39 is 6.09 Å². The van der Waals surface area contributed by atoms with E-state index in [0.717, 1.165) is 21.9 Å². The van der Waals surface area contributed by atoms with Gasteiger partial charge in [-0.2, -0.15) is 0 Å². The second-order valence-electron chi connectivity index (χ2n) is 10.1. The first kappa shape index (κ1) is 27.1. The average molecular weight is 536 g/mol. The Morgan fingerprint density at radius 2 is 1.57 bits per heavy atom. The van der Waals surface area contributed by atoms with Gasteiger partial charge in [-0.1, -0.05) is 78.9 Å². The Morgan fingerprint density at radius 3 is 2.33 bits per heavy atom. The number of carbonyl (C=O) groups is 3. The summed E-state index contributed by atoms with van der Waals surface area (Å²) >= 11 is 0. The normalized spacial score (nSPS) is 16.9. The minimum atomic E-state index is -1.20. The summed E-state index contributed by atoms with van der Waals surface area (Å²) in [4.78, 5) is 37.8. The van der Waals surface area contributed by atoms with Gasteiger partial charge in [0.25, 0.3) is 5.91 Å². The third-order valence-corrected chi connectivity index (χ3v) is 7.43. The quantitative estimate of drug-likeness (QED) is 0.317. The second-order valence-corrected chi connectivity index (χ2v) is 10.1. The molecule has 1 aliphatic heterocycles. The molecule has 1 aliphatic rings. The lowest BCUT2D eigenvalue weighted by atomic mass is 9.86. The van der Waals surface area contributed by atoms with Crippen molar-refractivity contribution < 1.29 is 24.2 Å². The van der Waals surface area contributed by atoms with E-state index in [4.69, 9.17) is 4.74 Å². The molecule has 0 bridgehead atoms. The van der Waals surface area contributed by atoms with Crippen LogP contribution in [0, 0.1) is 0 Å². The molecule has 4 aromatic rings. The number of hydrogen-bond donors (Lipinski definition) is 1. The number of ether oxygens (including phenoxy) is 1. The molecule has 1 N–H and O–H groups in total. The van der Waals surface area contributed by atoms with Crippen LogP contribution in [0.15, 0.2) is 97.1 Å². The van der Waals surface area contributed by atoms with Gasteiger partial charge in [0.1, 0.15) is 6.09 Å². The molecule has 2 amide bonds. The van der Waals surface area contributed by atoms with Gasteiger partial charge in [-0.3, -0.25) is 9.59 Å². The summed E-state index contributed by atoms with van der Waals surface area (Å²) in [5, 5.41) is 16.7. The van der Waals surface area contributed by atoms with E-state index >= 15 is 0 Å². The van der Waals surface area contributed by atoms with Crippen molar-refractivity contribution in [3.8, 4) is 0 Å². The Balaban J connectivity index is 1.21. The number of carbonyl (C=O) groups excluding carboxylic acids is 3. The Morgan fingerprint density at radius 1 is 0.850 bits per heavy atom. The van der Waals surface area contributed by atoms with Crippen molar-refractivity contribution in [3.05, 3.63) is 119 Å². The van der Waals surface area contributed by atoms with Crippen molar-refractivity contribution in [1.29, 1.82) is 0 Å². The van der Waals surface area contributed by atoms with E-state index in [0.29, 0.717) is 30.7 Å². The Bertz CT molecular complexity index is 1490. The van der Waals surface area contributed by atoms with Crippen LogP contribution in [0.4, 0.5) is 4.79 Å². The summed E-state index contributed by atoms with van der Waals surface area (Å²) in [5.74, 6) is -0.297. The molecule has 1 saturated heterocycles. The molecule has 4 aromatic carbocycles. The molecule has 2 unspecified atom stereocenters. The number of carboxylic acid groups (broad SMARTS) is 1. The number of likely N-dealkylation sites (tertiary alicyclic amines) is 1. The van der Waals surface area contributed by atoms with E-state index in [1.54, 1.807) is 24.3 Å². The zero-order chi connectivity index (χ0) is 27.9. The van der Waals surface area contributed by atoms with Gasteiger partial charge < -0.3 is 24.9 Å². The Labute approximate surface area is 233 Å². The fourth-order valence-corrected chi connectivity index (χ4v) is 5.21. The molecule has 0 spiro atoms. The van der Waals surface area contributed by atoms with Crippen LogP contribution in [-0.2, 0) is 11.3 Å². The Kier molecular flexibility index (Phi) is 8.52. The zero-order valence-corrected chi connectivity index (χ0v) is 22.1. The fraction of sp³-hybridized carbons (Fsp3) is 0.242. The molecule has 40 heavy (non-hydrogen) atoms. The third-order valence-electron chi connectivity index (χ3n) is 7.43. The number of nitrogens with one attached hydrogen (secondary N) is 1.